The lowest BCUT2D eigenvalue weighted by Gasteiger charge is -2.12. The van der Waals surface area contributed by atoms with Gasteiger partial charge in [0.05, 0.1) is 18.8 Å². The van der Waals surface area contributed by atoms with Crippen LogP contribution in [0.25, 0.3) is 0 Å². The number of guanidine groups is 1. The van der Waals surface area contributed by atoms with E-state index < -0.39 is 0 Å². The van der Waals surface area contributed by atoms with E-state index in [4.69, 9.17) is 9.15 Å². The van der Waals surface area contributed by atoms with Crippen LogP contribution in [0.1, 0.15) is 35.4 Å². The van der Waals surface area contributed by atoms with E-state index in [0.717, 1.165) is 34.9 Å². The first-order chi connectivity index (χ1) is 14.2. The van der Waals surface area contributed by atoms with Crippen LogP contribution in [0, 0.1) is 13.8 Å². The summed E-state index contributed by atoms with van der Waals surface area (Å²) in [6, 6.07) is 18.1. The number of para-hydroxylation sites is 1. The summed E-state index contributed by atoms with van der Waals surface area (Å²) in [5.41, 5.74) is 3.08. The summed E-state index contributed by atoms with van der Waals surface area (Å²) in [5.74, 6) is 3.04. The van der Waals surface area contributed by atoms with Crippen LogP contribution in [0.15, 0.2) is 64.0 Å². The fourth-order valence-corrected chi connectivity index (χ4v) is 2.79. The minimum absolute atomic E-state index is 0. The van der Waals surface area contributed by atoms with Gasteiger partial charge < -0.3 is 19.8 Å². The predicted molar refractivity (Wildman–Crippen MR) is 130 cm³/mol. The van der Waals surface area contributed by atoms with E-state index in [1.54, 1.807) is 0 Å². The topological polar surface area (TPSA) is 71.7 Å². The third-order valence-corrected chi connectivity index (χ3v) is 4.44. The Morgan fingerprint density at radius 1 is 1.03 bits per heavy atom. The van der Waals surface area contributed by atoms with Crippen LogP contribution in [0.4, 0.5) is 0 Å². The molecule has 1 aromatic heterocycles. The van der Waals surface area contributed by atoms with Gasteiger partial charge in [0.1, 0.15) is 18.1 Å². The molecule has 0 atom stereocenters. The SMILES string of the molecule is CCNC(=NCc1ccccc1OCc1ccccc1)NCc1nc(C)c(C)o1.I. The minimum Gasteiger partial charge on any atom is -0.489 e. The maximum Gasteiger partial charge on any atom is 0.214 e. The number of hydrogen-bond donors (Lipinski definition) is 2. The lowest BCUT2D eigenvalue weighted by molar-refractivity contribution is 0.303. The second kappa shape index (κ2) is 12.2. The first-order valence-corrected chi connectivity index (χ1v) is 9.85. The Morgan fingerprint density at radius 3 is 2.47 bits per heavy atom. The van der Waals surface area contributed by atoms with E-state index in [1.807, 2.05) is 63.2 Å². The van der Waals surface area contributed by atoms with Crippen LogP contribution in [-0.2, 0) is 19.7 Å². The zero-order valence-electron chi connectivity index (χ0n) is 17.6. The summed E-state index contributed by atoms with van der Waals surface area (Å²) in [7, 11) is 0. The molecule has 2 aromatic carbocycles. The van der Waals surface area contributed by atoms with Gasteiger partial charge in [-0.1, -0.05) is 48.5 Å². The number of rotatable bonds is 8. The van der Waals surface area contributed by atoms with Crippen molar-refractivity contribution in [3.63, 3.8) is 0 Å². The van der Waals surface area contributed by atoms with E-state index in [2.05, 4.69) is 32.7 Å². The molecular formula is C23H29IN4O2. The van der Waals surface area contributed by atoms with Crippen molar-refractivity contribution in [3.8, 4) is 5.75 Å². The number of oxazole rings is 1. The highest BCUT2D eigenvalue weighted by Gasteiger charge is 2.07. The smallest absolute Gasteiger partial charge is 0.214 e. The highest BCUT2D eigenvalue weighted by Crippen LogP contribution is 2.20. The molecule has 0 fully saturated rings. The zero-order chi connectivity index (χ0) is 20.5. The number of halogens is 1. The number of nitrogens with zero attached hydrogens (tertiary/aromatic N) is 2. The number of ether oxygens (including phenoxy) is 1. The lowest BCUT2D eigenvalue weighted by atomic mass is 10.2. The molecular weight excluding hydrogens is 491 g/mol. The van der Waals surface area contributed by atoms with Crippen molar-refractivity contribution in [2.45, 2.75) is 40.5 Å². The van der Waals surface area contributed by atoms with Crippen LogP contribution in [0.5, 0.6) is 5.75 Å². The van der Waals surface area contributed by atoms with Crippen molar-refractivity contribution in [1.29, 1.82) is 0 Å². The molecule has 0 aliphatic heterocycles. The first-order valence-electron chi connectivity index (χ1n) is 9.85. The molecule has 7 heteroatoms. The third kappa shape index (κ3) is 7.05. The molecule has 0 radical (unpaired) electrons. The molecule has 1 heterocycles. The number of aryl methyl sites for hydroxylation is 2. The van der Waals surface area contributed by atoms with Crippen LogP contribution >= 0.6 is 24.0 Å². The maximum absolute atomic E-state index is 6.03. The Bertz CT molecular complexity index is 922. The van der Waals surface area contributed by atoms with Crippen molar-refractivity contribution < 1.29 is 9.15 Å². The molecule has 3 rings (SSSR count). The molecule has 30 heavy (non-hydrogen) atoms. The summed E-state index contributed by atoms with van der Waals surface area (Å²) in [6.07, 6.45) is 0. The maximum atomic E-state index is 6.03. The van der Waals surface area contributed by atoms with Gasteiger partial charge in [0.25, 0.3) is 0 Å². The van der Waals surface area contributed by atoms with E-state index in [0.29, 0.717) is 31.5 Å². The average Bonchev–Trinajstić information content (AvgIpc) is 3.07. The van der Waals surface area contributed by atoms with Gasteiger partial charge in [0.2, 0.25) is 5.89 Å². The number of aromatic nitrogens is 1. The fourth-order valence-electron chi connectivity index (χ4n) is 2.79. The number of hydrogen-bond acceptors (Lipinski definition) is 4. The third-order valence-electron chi connectivity index (χ3n) is 4.44. The number of aliphatic imine (C=N–C) groups is 1. The van der Waals surface area contributed by atoms with Gasteiger partial charge in [0.15, 0.2) is 5.96 Å². The van der Waals surface area contributed by atoms with Crippen LogP contribution in [-0.4, -0.2) is 17.5 Å². The van der Waals surface area contributed by atoms with Gasteiger partial charge in [0, 0.05) is 12.1 Å². The normalized spacial score (nSPS) is 11.0. The van der Waals surface area contributed by atoms with Crippen molar-refractivity contribution in [2.24, 2.45) is 4.99 Å². The molecule has 160 valence electrons. The molecule has 0 unspecified atom stereocenters. The molecule has 3 aromatic rings. The predicted octanol–water partition coefficient (Wildman–Crippen LogP) is 4.74. The Labute approximate surface area is 195 Å². The summed E-state index contributed by atoms with van der Waals surface area (Å²) < 4.78 is 11.6. The second-order valence-electron chi connectivity index (χ2n) is 6.68. The van der Waals surface area contributed by atoms with Crippen LogP contribution in [0.2, 0.25) is 0 Å². The molecule has 0 aliphatic rings. The Morgan fingerprint density at radius 2 is 1.77 bits per heavy atom. The summed E-state index contributed by atoms with van der Waals surface area (Å²) in [6.45, 7) is 8.17. The van der Waals surface area contributed by atoms with E-state index in [-0.39, 0.29) is 24.0 Å². The standard InChI is InChI=1S/C23H28N4O2.HI/c1-4-24-23(26-15-22-27-17(2)18(3)29-22)25-14-20-12-8-9-13-21(20)28-16-19-10-6-5-7-11-19;/h5-13H,4,14-16H2,1-3H3,(H2,24,25,26);1H. The Balaban J connectivity index is 0.00000320. The molecule has 0 amide bonds. The van der Waals surface area contributed by atoms with Gasteiger partial charge in [-0.15, -0.1) is 24.0 Å². The number of benzene rings is 2. The minimum atomic E-state index is 0. The molecule has 2 N–H and O–H groups in total. The van der Waals surface area contributed by atoms with Gasteiger partial charge in [-0.2, -0.15) is 0 Å². The average molecular weight is 520 g/mol. The second-order valence-corrected chi connectivity index (χ2v) is 6.68. The molecule has 0 saturated carbocycles. The van der Waals surface area contributed by atoms with Crippen molar-refractivity contribution >= 4 is 29.9 Å². The Kier molecular flexibility index (Phi) is 9.66. The fraction of sp³-hybridized carbons (Fsp3) is 0.304. The van der Waals surface area contributed by atoms with E-state index >= 15 is 0 Å². The van der Waals surface area contributed by atoms with E-state index in [9.17, 15) is 0 Å². The molecule has 0 spiro atoms. The molecule has 0 saturated heterocycles. The Hall–Kier alpha value is -2.55. The summed E-state index contributed by atoms with van der Waals surface area (Å²) in [4.78, 5) is 9.08. The van der Waals surface area contributed by atoms with Crippen molar-refractivity contribution in [2.75, 3.05) is 6.54 Å². The van der Waals surface area contributed by atoms with Gasteiger partial charge in [-0.05, 0) is 32.4 Å². The molecule has 0 bridgehead atoms. The molecule has 6 nitrogen and oxygen atoms in total. The lowest BCUT2D eigenvalue weighted by Crippen LogP contribution is -2.36. The summed E-state index contributed by atoms with van der Waals surface area (Å²) >= 11 is 0. The highest BCUT2D eigenvalue weighted by atomic mass is 127. The van der Waals surface area contributed by atoms with Crippen molar-refractivity contribution in [1.82, 2.24) is 15.6 Å². The summed E-state index contributed by atoms with van der Waals surface area (Å²) in [5, 5.41) is 6.52. The highest BCUT2D eigenvalue weighted by molar-refractivity contribution is 14.0. The van der Waals surface area contributed by atoms with Gasteiger partial charge >= 0.3 is 0 Å². The number of nitrogens with one attached hydrogen (secondary N) is 2. The zero-order valence-corrected chi connectivity index (χ0v) is 20.0. The monoisotopic (exact) mass is 520 g/mol. The van der Waals surface area contributed by atoms with Crippen molar-refractivity contribution in [3.05, 3.63) is 83.1 Å². The van der Waals surface area contributed by atoms with Crippen LogP contribution in [0.3, 0.4) is 0 Å². The van der Waals surface area contributed by atoms with Gasteiger partial charge in [-0.25, -0.2) is 9.98 Å². The van der Waals surface area contributed by atoms with Crippen LogP contribution < -0.4 is 15.4 Å². The quantitative estimate of drug-likeness (QED) is 0.255. The first kappa shape index (κ1) is 23.7. The van der Waals surface area contributed by atoms with E-state index in [1.165, 1.54) is 0 Å². The van der Waals surface area contributed by atoms with Gasteiger partial charge in [-0.3, -0.25) is 0 Å². The largest absolute Gasteiger partial charge is 0.489 e. The molecule has 0 aliphatic carbocycles.